The smallest absolute Gasteiger partial charge is 0.324 e. The molecule has 1 amide bonds. The third-order valence-corrected chi connectivity index (χ3v) is 4.74. The first-order valence-electron chi connectivity index (χ1n) is 8.64. The Hall–Kier alpha value is -3.48. The Labute approximate surface area is 155 Å². The van der Waals surface area contributed by atoms with Crippen LogP contribution in [0.1, 0.15) is 16.7 Å². The van der Waals surface area contributed by atoms with Gasteiger partial charge >= 0.3 is 5.69 Å². The first-order chi connectivity index (χ1) is 12.9. The van der Waals surface area contributed by atoms with E-state index in [0.29, 0.717) is 11.3 Å². The second-order valence-corrected chi connectivity index (χ2v) is 6.70. The van der Waals surface area contributed by atoms with Gasteiger partial charge in [0.15, 0.2) is 5.65 Å². The zero-order chi connectivity index (χ0) is 19.1. The van der Waals surface area contributed by atoms with Crippen molar-refractivity contribution < 1.29 is 4.79 Å². The van der Waals surface area contributed by atoms with E-state index in [0.717, 1.165) is 32.3 Å². The lowest BCUT2D eigenvalue weighted by molar-refractivity contribution is -0.117. The molecule has 27 heavy (non-hydrogen) atoms. The zero-order valence-electron chi connectivity index (χ0n) is 15.4. The lowest BCUT2D eigenvalue weighted by Gasteiger charge is -2.07. The maximum Gasteiger partial charge on any atom is 0.352 e. The van der Waals surface area contributed by atoms with Gasteiger partial charge in [-0.05, 0) is 55.7 Å². The van der Waals surface area contributed by atoms with Crippen LogP contribution in [-0.4, -0.2) is 25.1 Å². The second kappa shape index (κ2) is 6.35. The molecule has 0 atom stereocenters. The molecule has 0 bridgehead atoms. The topological polar surface area (TPSA) is 81.3 Å². The highest BCUT2D eigenvalue weighted by Crippen LogP contribution is 2.18. The lowest BCUT2D eigenvalue weighted by Crippen LogP contribution is -2.28. The fourth-order valence-corrected chi connectivity index (χ4v) is 3.09. The molecule has 4 rings (SSSR count). The van der Waals surface area contributed by atoms with E-state index in [4.69, 9.17) is 0 Å². The molecule has 0 fully saturated rings. The molecule has 0 aliphatic rings. The van der Waals surface area contributed by atoms with Gasteiger partial charge in [-0.25, -0.2) is 18.9 Å². The third-order valence-electron chi connectivity index (χ3n) is 4.74. The van der Waals surface area contributed by atoms with Gasteiger partial charge in [0.2, 0.25) is 5.91 Å². The molecule has 0 saturated carbocycles. The molecule has 2 heterocycles. The number of rotatable bonds is 3. The molecule has 1 N–H and O–H groups in total. The predicted molar refractivity (Wildman–Crippen MR) is 104 cm³/mol. The standard InChI is InChI=1S/C20H19N5O2/c1-12-7-8-15(9-14(12)3)22-17(26)10-25-20(27)24-11-21-18-13(2)5-4-6-16(18)19(24)23-25/h4-9,11H,10H2,1-3H3,(H,22,26). The number of anilines is 1. The number of para-hydroxylation sites is 1. The van der Waals surface area contributed by atoms with Crippen molar-refractivity contribution in [2.24, 2.45) is 0 Å². The van der Waals surface area contributed by atoms with E-state index < -0.39 is 5.69 Å². The number of nitrogens with zero attached hydrogens (tertiary/aromatic N) is 4. The van der Waals surface area contributed by atoms with Crippen molar-refractivity contribution in [2.75, 3.05) is 5.32 Å². The third kappa shape index (κ3) is 2.97. The number of carbonyl (C=O) groups is 1. The highest BCUT2D eigenvalue weighted by molar-refractivity contribution is 5.93. The van der Waals surface area contributed by atoms with Crippen LogP contribution in [0.4, 0.5) is 5.69 Å². The predicted octanol–water partition coefficient (Wildman–Crippen LogP) is 2.61. The Balaban J connectivity index is 1.67. The van der Waals surface area contributed by atoms with E-state index in [1.54, 1.807) is 0 Å². The largest absolute Gasteiger partial charge is 0.352 e. The number of nitrogens with one attached hydrogen (secondary N) is 1. The summed E-state index contributed by atoms with van der Waals surface area (Å²) in [5.74, 6) is -0.308. The first-order valence-corrected chi connectivity index (χ1v) is 8.64. The van der Waals surface area contributed by atoms with Crippen LogP contribution in [0.5, 0.6) is 0 Å². The fourth-order valence-electron chi connectivity index (χ4n) is 3.09. The number of aromatic nitrogens is 4. The van der Waals surface area contributed by atoms with E-state index >= 15 is 0 Å². The second-order valence-electron chi connectivity index (χ2n) is 6.70. The highest BCUT2D eigenvalue weighted by atomic mass is 16.2. The van der Waals surface area contributed by atoms with Crippen LogP contribution in [0, 0.1) is 20.8 Å². The molecule has 0 unspecified atom stereocenters. The van der Waals surface area contributed by atoms with Gasteiger partial charge in [0.1, 0.15) is 12.9 Å². The highest BCUT2D eigenvalue weighted by Gasteiger charge is 2.14. The summed E-state index contributed by atoms with van der Waals surface area (Å²) in [6.07, 6.45) is 1.46. The van der Waals surface area contributed by atoms with E-state index in [9.17, 15) is 9.59 Å². The van der Waals surface area contributed by atoms with Crippen molar-refractivity contribution in [1.29, 1.82) is 0 Å². The molecule has 0 radical (unpaired) electrons. The van der Waals surface area contributed by atoms with E-state index in [2.05, 4.69) is 15.4 Å². The van der Waals surface area contributed by atoms with E-state index in [1.807, 2.05) is 57.2 Å². The minimum Gasteiger partial charge on any atom is -0.324 e. The molecule has 2 aromatic heterocycles. The number of benzene rings is 2. The van der Waals surface area contributed by atoms with Gasteiger partial charge in [-0.15, -0.1) is 5.10 Å². The summed E-state index contributed by atoms with van der Waals surface area (Å²) in [5, 5.41) is 7.95. The molecule has 0 aliphatic heterocycles. The van der Waals surface area contributed by atoms with Crippen LogP contribution in [0.2, 0.25) is 0 Å². The Morgan fingerprint density at radius 3 is 2.67 bits per heavy atom. The molecule has 2 aromatic carbocycles. The van der Waals surface area contributed by atoms with Crippen molar-refractivity contribution >= 4 is 28.1 Å². The summed E-state index contributed by atoms with van der Waals surface area (Å²) >= 11 is 0. The summed E-state index contributed by atoms with van der Waals surface area (Å²) in [7, 11) is 0. The number of carbonyl (C=O) groups excluding carboxylic acids is 1. The van der Waals surface area contributed by atoms with Crippen LogP contribution in [0.25, 0.3) is 16.6 Å². The maximum absolute atomic E-state index is 12.6. The van der Waals surface area contributed by atoms with Gasteiger partial charge in [-0.2, -0.15) is 0 Å². The van der Waals surface area contributed by atoms with Crippen LogP contribution in [0.3, 0.4) is 0 Å². The van der Waals surface area contributed by atoms with Crippen LogP contribution >= 0.6 is 0 Å². The zero-order valence-corrected chi connectivity index (χ0v) is 15.4. The molecular formula is C20H19N5O2. The number of hydrogen-bond acceptors (Lipinski definition) is 4. The van der Waals surface area contributed by atoms with Crippen molar-refractivity contribution in [3.8, 4) is 0 Å². The average Bonchev–Trinajstić information content (AvgIpc) is 2.95. The summed E-state index contributed by atoms with van der Waals surface area (Å²) in [4.78, 5) is 29.3. The molecule has 0 spiro atoms. The van der Waals surface area contributed by atoms with Crippen molar-refractivity contribution in [3.05, 3.63) is 69.9 Å². The quantitative estimate of drug-likeness (QED) is 0.608. The van der Waals surface area contributed by atoms with Gasteiger partial charge in [-0.3, -0.25) is 4.79 Å². The van der Waals surface area contributed by atoms with E-state index in [1.165, 1.54) is 10.7 Å². The Kier molecular flexibility index (Phi) is 3.99. The molecule has 0 saturated heterocycles. The molecule has 7 heteroatoms. The van der Waals surface area contributed by atoms with Crippen LogP contribution < -0.4 is 11.0 Å². The van der Waals surface area contributed by atoms with E-state index in [-0.39, 0.29) is 12.5 Å². The molecule has 136 valence electrons. The van der Waals surface area contributed by atoms with Gasteiger partial charge in [0, 0.05) is 11.1 Å². The normalized spacial score (nSPS) is 11.2. The Bertz CT molecular complexity index is 1250. The number of amides is 1. The minimum absolute atomic E-state index is 0.166. The number of fused-ring (bicyclic) bond motifs is 3. The van der Waals surface area contributed by atoms with Gasteiger partial charge in [0.05, 0.1) is 5.52 Å². The first kappa shape index (κ1) is 17.0. The van der Waals surface area contributed by atoms with Gasteiger partial charge < -0.3 is 5.32 Å². The molecular weight excluding hydrogens is 342 g/mol. The van der Waals surface area contributed by atoms with Crippen molar-refractivity contribution in [1.82, 2.24) is 19.2 Å². The summed E-state index contributed by atoms with van der Waals surface area (Å²) in [5.41, 5.74) is 4.84. The fraction of sp³-hybridized carbons (Fsp3) is 0.200. The molecule has 7 nitrogen and oxygen atoms in total. The molecule has 4 aromatic rings. The van der Waals surface area contributed by atoms with Crippen LogP contribution in [0.15, 0.2) is 47.5 Å². The average molecular weight is 361 g/mol. The number of hydrogen-bond donors (Lipinski definition) is 1. The lowest BCUT2D eigenvalue weighted by atomic mass is 10.1. The molecule has 0 aliphatic carbocycles. The monoisotopic (exact) mass is 361 g/mol. The SMILES string of the molecule is Cc1ccc(NC(=O)Cn2nc3c4cccc(C)c4ncn3c2=O)cc1C. The Morgan fingerprint density at radius 2 is 1.89 bits per heavy atom. The van der Waals surface area contributed by atoms with Gasteiger partial charge in [0.25, 0.3) is 0 Å². The minimum atomic E-state index is -0.392. The summed E-state index contributed by atoms with van der Waals surface area (Å²) in [6, 6.07) is 11.4. The van der Waals surface area contributed by atoms with Gasteiger partial charge in [-0.1, -0.05) is 18.2 Å². The Morgan fingerprint density at radius 1 is 1.07 bits per heavy atom. The van der Waals surface area contributed by atoms with Crippen molar-refractivity contribution in [3.63, 3.8) is 0 Å². The van der Waals surface area contributed by atoms with Crippen molar-refractivity contribution in [2.45, 2.75) is 27.3 Å². The summed E-state index contributed by atoms with van der Waals surface area (Å²) < 4.78 is 2.53. The number of aryl methyl sites for hydroxylation is 3. The van der Waals surface area contributed by atoms with Crippen LogP contribution in [-0.2, 0) is 11.3 Å². The summed E-state index contributed by atoms with van der Waals surface area (Å²) in [6.45, 7) is 5.79. The maximum atomic E-state index is 12.6.